The van der Waals surface area contributed by atoms with Crippen molar-refractivity contribution in [3.8, 4) is 22.3 Å². The molecule has 0 spiro atoms. The quantitative estimate of drug-likeness (QED) is 0.175. The van der Waals surface area contributed by atoms with Gasteiger partial charge >= 0.3 is 0 Å². The predicted molar refractivity (Wildman–Crippen MR) is 212 cm³/mol. The van der Waals surface area contributed by atoms with Gasteiger partial charge < -0.3 is 9.32 Å². The highest BCUT2D eigenvalue weighted by Crippen LogP contribution is 2.41. The van der Waals surface area contributed by atoms with Crippen LogP contribution in [0.1, 0.15) is 0 Å². The van der Waals surface area contributed by atoms with Crippen molar-refractivity contribution in [2.45, 2.75) is 0 Å². The van der Waals surface area contributed by atoms with Crippen molar-refractivity contribution in [1.82, 2.24) is 0 Å². The molecule has 10 aromatic rings. The van der Waals surface area contributed by atoms with Gasteiger partial charge in [-0.3, -0.25) is 0 Å². The van der Waals surface area contributed by atoms with Gasteiger partial charge in [0.05, 0.1) is 0 Å². The predicted octanol–water partition coefficient (Wildman–Crippen LogP) is 13.8. The molecule has 0 amide bonds. The number of hydrogen-bond donors (Lipinski definition) is 0. The average molecular weight is 638 g/mol. The lowest BCUT2D eigenvalue weighted by atomic mass is 9.96. The largest absolute Gasteiger partial charge is 0.455 e. The number of para-hydroxylation sites is 1. The third-order valence-electron chi connectivity index (χ3n) is 10.0. The Morgan fingerprint density at radius 3 is 1.84 bits per heavy atom. The van der Waals surface area contributed by atoms with Crippen LogP contribution in [-0.2, 0) is 0 Å². The molecule has 0 aliphatic carbocycles. The first-order chi connectivity index (χ1) is 24.8. The Hall–Kier alpha value is -6.64. The molecule has 2 nitrogen and oxygen atoms in total. The molecule has 0 fully saturated rings. The molecular weight excluding hydrogens is 607 g/mol. The van der Waals surface area contributed by atoms with Crippen molar-refractivity contribution >= 4 is 71.3 Å². The fourth-order valence-electron chi connectivity index (χ4n) is 7.62. The molecule has 0 atom stereocenters. The van der Waals surface area contributed by atoms with Crippen LogP contribution < -0.4 is 4.90 Å². The van der Waals surface area contributed by atoms with Crippen LogP contribution in [0.2, 0.25) is 0 Å². The Kier molecular flexibility index (Phi) is 6.53. The van der Waals surface area contributed by atoms with Gasteiger partial charge in [-0.1, -0.05) is 140 Å². The molecule has 0 saturated heterocycles. The summed E-state index contributed by atoms with van der Waals surface area (Å²) in [6.45, 7) is 0. The summed E-state index contributed by atoms with van der Waals surface area (Å²) in [5, 5.41) is 9.61. The molecule has 0 unspecified atom stereocenters. The minimum absolute atomic E-state index is 0.919. The number of anilines is 3. The molecule has 0 aliphatic rings. The van der Waals surface area contributed by atoms with Crippen LogP contribution in [0.25, 0.3) is 76.5 Å². The third kappa shape index (κ3) is 4.65. The van der Waals surface area contributed by atoms with Crippen molar-refractivity contribution < 1.29 is 4.42 Å². The second kappa shape index (κ2) is 11.5. The van der Waals surface area contributed by atoms with Crippen LogP contribution in [0.4, 0.5) is 17.1 Å². The van der Waals surface area contributed by atoms with E-state index < -0.39 is 0 Å². The fourth-order valence-corrected chi connectivity index (χ4v) is 7.62. The third-order valence-corrected chi connectivity index (χ3v) is 10.0. The van der Waals surface area contributed by atoms with Gasteiger partial charge in [0.1, 0.15) is 11.2 Å². The van der Waals surface area contributed by atoms with E-state index in [1.54, 1.807) is 0 Å². The molecule has 10 rings (SSSR count). The summed E-state index contributed by atoms with van der Waals surface area (Å²) in [6, 6.07) is 67.5. The number of furan rings is 1. The Bertz CT molecular complexity index is 2870. The van der Waals surface area contributed by atoms with E-state index in [1.165, 1.54) is 43.6 Å². The Labute approximate surface area is 290 Å². The van der Waals surface area contributed by atoms with E-state index in [0.29, 0.717) is 0 Å². The lowest BCUT2D eigenvalue weighted by molar-refractivity contribution is 0.672. The molecular formula is C48H31NO. The van der Waals surface area contributed by atoms with Gasteiger partial charge in [0.15, 0.2) is 0 Å². The zero-order valence-corrected chi connectivity index (χ0v) is 27.3. The summed E-state index contributed by atoms with van der Waals surface area (Å²) >= 11 is 0. The molecule has 1 aromatic heterocycles. The number of hydrogen-bond acceptors (Lipinski definition) is 2. The monoisotopic (exact) mass is 637 g/mol. The number of benzene rings is 9. The van der Waals surface area contributed by atoms with Gasteiger partial charge in [0.25, 0.3) is 0 Å². The summed E-state index contributed by atoms with van der Waals surface area (Å²) in [7, 11) is 0. The molecule has 2 heteroatoms. The summed E-state index contributed by atoms with van der Waals surface area (Å²) in [4.78, 5) is 2.37. The lowest BCUT2D eigenvalue weighted by Crippen LogP contribution is -2.10. The Morgan fingerprint density at radius 1 is 0.320 bits per heavy atom. The van der Waals surface area contributed by atoms with Crippen molar-refractivity contribution in [3.05, 3.63) is 188 Å². The maximum Gasteiger partial charge on any atom is 0.143 e. The van der Waals surface area contributed by atoms with E-state index >= 15 is 0 Å². The first-order valence-corrected chi connectivity index (χ1v) is 17.1. The highest BCUT2D eigenvalue weighted by molar-refractivity contribution is 6.17. The van der Waals surface area contributed by atoms with E-state index in [0.717, 1.165) is 50.0 Å². The molecule has 0 radical (unpaired) electrons. The van der Waals surface area contributed by atoms with Gasteiger partial charge in [-0.25, -0.2) is 0 Å². The molecule has 0 N–H and O–H groups in total. The molecule has 50 heavy (non-hydrogen) atoms. The average Bonchev–Trinajstić information content (AvgIpc) is 3.58. The smallest absolute Gasteiger partial charge is 0.143 e. The van der Waals surface area contributed by atoms with Crippen molar-refractivity contribution in [2.75, 3.05) is 4.90 Å². The Balaban J connectivity index is 1.11. The Morgan fingerprint density at radius 2 is 0.940 bits per heavy atom. The van der Waals surface area contributed by atoms with Crippen molar-refractivity contribution in [3.63, 3.8) is 0 Å². The van der Waals surface area contributed by atoms with Crippen LogP contribution in [0.15, 0.2) is 192 Å². The van der Waals surface area contributed by atoms with Crippen molar-refractivity contribution in [1.29, 1.82) is 0 Å². The van der Waals surface area contributed by atoms with Gasteiger partial charge in [-0.2, -0.15) is 0 Å². The molecule has 234 valence electrons. The van der Waals surface area contributed by atoms with Crippen molar-refractivity contribution in [2.24, 2.45) is 0 Å². The first kappa shape index (κ1) is 28.4. The van der Waals surface area contributed by atoms with Gasteiger partial charge in [-0.15, -0.1) is 0 Å². The second-order valence-corrected chi connectivity index (χ2v) is 12.9. The first-order valence-electron chi connectivity index (χ1n) is 17.1. The van der Waals surface area contributed by atoms with Gasteiger partial charge in [-0.05, 0) is 97.7 Å². The van der Waals surface area contributed by atoms with Crippen LogP contribution in [-0.4, -0.2) is 0 Å². The molecule has 0 bridgehead atoms. The minimum atomic E-state index is 0.919. The van der Waals surface area contributed by atoms with Gasteiger partial charge in [0, 0.05) is 33.2 Å². The van der Waals surface area contributed by atoms with E-state index in [-0.39, 0.29) is 0 Å². The van der Waals surface area contributed by atoms with Crippen LogP contribution in [0, 0.1) is 0 Å². The molecule has 0 saturated carbocycles. The fraction of sp³-hybridized carbons (Fsp3) is 0. The summed E-state index contributed by atoms with van der Waals surface area (Å²) in [5.74, 6) is 0. The number of fused-ring (bicyclic) bond motifs is 8. The molecule has 9 aromatic carbocycles. The normalized spacial score (nSPS) is 11.6. The van der Waals surface area contributed by atoms with E-state index in [9.17, 15) is 0 Å². The van der Waals surface area contributed by atoms with E-state index in [4.69, 9.17) is 4.42 Å². The van der Waals surface area contributed by atoms with E-state index in [1.807, 2.05) is 12.1 Å². The maximum atomic E-state index is 6.39. The lowest BCUT2D eigenvalue weighted by Gasteiger charge is -2.27. The number of nitrogens with zero attached hydrogens (tertiary/aromatic N) is 1. The zero-order valence-electron chi connectivity index (χ0n) is 27.3. The highest BCUT2D eigenvalue weighted by Gasteiger charge is 2.17. The summed E-state index contributed by atoms with van der Waals surface area (Å²) in [6.07, 6.45) is 0. The zero-order chi connectivity index (χ0) is 33.0. The highest BCUT2D eigenvalue weighted by atomic mass is 16.3. The summed E-state index contributed by atoms with van der Waals surface area (Å²) < 4.78 is 6.39. The molecule has 1 heterocycles. The SMILES string of the molecule is c1ccc(-c2cccc(N(c3ccc(-c4cccc5c4ccc4c6ccccc6oc54)cc3)c3ccc4c(ccc5ccccc54)c3)c2)cc1. The standard InChI is InChI=1S/C48H31NO/c1-2-10-32(11-3-1)35-13-8-14-38(30-35)49(39-26-27-42-36(31-39)21-20-33-12-4-5-15-40(33)42)37-24-22-34(23-25-37)41-17-9-18-45-43(41)28-29-46-44-16-6-7-19-47(44)50-48(45)46/h1-31H. The second-order valence-electron chi connectivity index (χ2n) is 12.9. The molecule has 0 aliphatic heterocycles. The van der Waals surface area contributed by atoms with Gasteiger partial charge in [0.2, 0.25) is 0 Å². The van der Waals surface area contributed by atoms with E-state index in [2.05, 4.69) is 181 Å². The maximum absolute atomic E-state index is 6.39. The van der Waals surface area contributed by atoms with Crippen LogP contribution >= 0.6 is 0 Å². The van der Waals surface area contributed by atoms with Crippen LogP contribution in [0.5, 0.6) is 0 Å². The topological polar surface area (TPSA) is 16.4 Å². The van der Waals surface area contributed by atoms with Crippen LogP contribution in [0.3, 0.4) is 0 Å². The number of rotatable bonds is 5. The minimum Gasteiger partial charge on any atom is -0.455 e. The summed E-state index contributed by atoms with van der Waals surface area (Å²) in [5.41, 5.74) is 9.91.